The van der Waals surface area contributed by atoms with Crippen molar-refractivity contribution in [2.75, 3.05) is 18.0 Å². The van der Waals surface area contributed by atoms with Crippen LogP contribution in [-0.2, 0) is 4.79 Å². The number of anilines is 1. The maximum atomic E-state index is 12.6. The van der Waals surface area contributed by atoms with E-state index in [0.717, 1.165) is 44.6 Å². The van der Waals surface area contributed by atoms with Gasteiger partial charge in [-0.2, -0.15) is 0 Å². The summed E-state index contributed by atoms with van der Waals surface area (Å²) >= 11 is 0. The van der Waals surface area contributed by atoms with Crippen molar-refractivity contribution in [1.29, 1.82) is 0 Å². The first-order chi connectivity index (χ1) is 12.0. The van der Waals surface area contributed by atoms with Crippen molar-refractivity contribution in [2.24, 2.45) is 5.92 Å². The third-order valence-electron chi connectivity index (χ3n) is 5.28. The minimum Gasteiger partial charge on any atom is -0.357 e. The van der Waals surface area contributed by atoms with Gasteiger partial charge in [0.2, 0.25) is 5.91 Å². The van der Waals surface area contributed by atoms with E-state index < -0.39 is 0 Å². The molecule has 0 radical (unpaired) electrons. The Bertz CT molecular complexity index is 568. The average Bonchev–Trinajstić information content (AvgIpc) is 3.00. The van der Waals surface area contributed by atoms with Crippen molar-refractivity contribution in [1.82, 2.24) is 21.2 Å². The molecule has 0 aromatic carbocycles. The second kappa shape index (κ2) is 8.15. The molecular formula is C19H31N5O. The first-order valence-electron chi connectivity index (χ1n) is 9.50. The van der Waals surface area contributed by atoms with Crippen molar-refractivity contribution in [2.45, 2.75) is 64.6 Å². The van der Waals surface area contributed by atoms with E-state index in [0.29, 0.717) is 12.1 Å². The van der Waals surface area contributed by atoms with Gasteiger partial charge in [-0.15, -0.1) is 0 Å². The first-order valence-corrected chi connectivity index (χ1v) is 9.50. The van der Waals surface area contributed by atoms with E-state index >= 15 is 0 Å². The van der Waals surface area contributed by atoms with Crippen LogP contribution < -0.4 is 21.1 Å². The van der Waals surface area contributed by atoms with E-state index in [1.54, 1.807) is 0 Å². The fraction of sp³-hybridized carbons (Fsp3) is 0.684. The second-order valence-corrected chi connectivity index (χ2v) is 7.72. The number of hydrazine groups is 1. The van der Waals surface area contributed by atoms with E-state index in [2.05, 4.69) is 52.0 Å². The molecule has 138 valence electrons. The third-order valence-corrected chi connectivity index (χ3v) is 5.28. The molecular weight excluding hydrogens is 314 g/mol. The molecule has 25 heavy (non-hydrogen) atoms. The quantitative estimate of drug-likeness (QED) is 0.759. The average molecular weight is 345 g/mol. The molecule has 6 heteroatoms. The largest absolute Gasteiger partial charge is 0.357 e. The topological polar surface area (TPSA) is 69.3 Å². The smallest absolute Gasteiger partial charge is 0.223 e. The predicted molar refractivity (Wildman–Crippen MR) is 100 cm³/mol. The van der Waals surface area contributed by atoms with Gasteiger partial charge in [-0.1, -0.05) is 6.07 Å². The second-order valence-electron chi connectivity index (χ2n) is 7.72. The molecule has 0 bridgehead atoms. The van der Waals surface area contributed by atoms with E-state index in [1.807, 2.05) is 13.1 Å². The van der Waals surface area contributed by atoms with Gasteiger partial charge in [0.1, 0.15) is 5.82 Å². The van der Waals surface area contributed by atoms with Crippen LogP contribution in [0.25, 0.3) is 0 Å². The van der Waals surface area contributed by atoms with Gasteiger partial charge < -0.3 is 10.2 Å². The zero-order chi connectivity index (χ0) is 17.8. The highest BCUT2D eigenvalue weighted by Crippen LogP contribution is 2.22. The molecule has 1 aromatic rings. The van der Waals surface area contributed by atoms with Crippen LogP contribution in [0, 0.1) is 12.8 Å². The number of rotatable bonds is 5. The van der Waals surface area contributed by atoms with E-state index in [9.17, 15) is 4.79 Å². The van der Waals surface area contributed by atoms with E-state index in [1.165, 1.54) is 5.56 Å². The lowest BCUT2D eigenvalue weighted by Gasteiger charge is -2.32. The Morgan fingerprint density at radius 1 is 1.36 bits per heavy atom. The van der Waals surface area contributed by atoms with Crippen LogP contribution >= 0.6 is 0 Å². The van der Waals surface area contributed by atoms with E-state index in [-0.39, 0.29) is 17.9 Å². The van der Waals surface area contributed by atoms with Gasteiger partial charge in [0.05, 0.1) is 0 Å². The van der Waals surface area contributed by atoms with Crippen LogP contribution in [0.5, 0.6) is 0 Å². The number of pyridine rings is 1. The van der Waals surface area contributed by atoms with Crippen molar-refractivity contribution in [3.63, 3.8) is 0 Å². The van der Waals surface area contributed by atoms with Crippen LogP contribution in [-0.4, -0.2) is 42.1 Å². The molecule has 3 N–H and O–H groups in total. The Morgan fingerprint density at radius 3 is 2.72 bits per heavy atom. The molecule has 3 heterocycles. The maximum Gasteiger partial charge on any atom is 0.223 e. The van der Waals surface area contributed by atoms with Crippen molar-refractivity contribution >= 4 is 11.7 Å². The Labute approximate surface area is 150 Å². The summed E-state index contributed by atoms with van der Waals surface area (Å²) in [5.74, 6) is 1.35. The molecule has 3 unspecified atom stereocenters. The summed E-state index contributed by atoms with van der Waals surface area (Å²) in [6.07, 6.45) is 5.78. The minimum atomic E-state index is 0.123. The molecule has 2 saturated heterocycles. The number of nitrogens with one attached hydrogen (secondary N) is 3. The summed E-state index contributed by atoms with van der Waals surface area (Å²) < 4.78 is 0. The van der Waals surface area contributed by atoms with Gasteiger partial charge in [0.25, 0.3) is 0 Å². The SMILES string of the molecule is Cc1ccc(N2CCC(C(=O)NC(C)CC3CC(C)NN3)CC2)nc1. The van der Waals surface area contributed by atoms with Crippen LogP contribution in [0.4, 0.5) is 5.82 Å². The molecule has 0 saturated carbocycles. The molecule has 2 fully saturated rings. The lowest BCUT2D eigenvalue weighted by molar-refractivity contribution is -0.126. The molecule has 3 rings (SSSR count). The lowest BCUT2D eigenvalue weighted by atomic mass is 9.95. The fourth-order valence-electron chi connectivity index (χ4n) is 3.82. The summed E-state index contributed by atoms with van der Waals surface area (Å²) in [4.78, 5) is 19.3. The standard InChI is InChI=1S/C19H31N5O/c1-13-4-5-18(20-12-13)24-8-6-16(7-9-24)19(25)21-14(2)10-17-11-15(3)22-23-17/h4-5,12,14-17,22-23H,6-11H2,1-3H3,(H,21,25). The molecule has 1 aromatic heterocycles. The Hall–Kier alpha value is -1.66. The monoisotopic (exact) mass is 345 g/mol. The molecule has 2 aliphatic heterocycles. The van der Waals surface area contributed by atoms with Gasteiger partial charge in [-0.05, 0) is 58.1 Å². The highest BCUT2D eigenvalue weighted by atomic mass is 16.1. The van der Waals surface area contributed by atoms with Crippen LogP contribution in [0.2, 0.25) is 0 Å². The Kier molecular flexibility index (Phi) is 5.91. The number of hydrogen-bond donors (Lipinski definition) is 3. The van der Waals surface area contributed by atoms with Gasteiger partial charge in [-0.3, -0.25) is 15.6 Å². The number of carbonyl (C=O) groups excluding carboxylic acids is 1. The van der Waals surface area contributed by atoms with Crippen LogP contribution in [0.3, 0.4) is 0 Å². The third kappa shape index (κ3) is 4.92. The number of amides is 1. The fourth-order valence-corrected chi connectivity index (χ4v) is 3.82. The van der Waals surface area contributed by atoms with Crippen LogP contribution in [0.1, 0.15) is 45.1 Å². The van der Waals surface area contributed by atoms with Crippen molar-refractivity contribution in [3.8, 4) is 0 Å². The zero-order valence-electron chi connectivity index (χ0n) is 15.6. The number of nitrogens with zero attached hydrogens (tertiary/aromatic N) is 2. The summed E-state index contributed by atoms with van der Waals surface area (Å²) in [6, 6.07) is 5.32. The van der Waals surface area contributed by atoms with Gasteiger partial charge >= 0.3 is 0 Å². The predicted octanol–water partition coefficient (Wildman–Crippen LogP) is 1.76. The van der Waals surface area contributed by atoms with Crippen molar-refractivity contribution < 1.29 is 4.79 Å². The van der Waals surface area contributed by atoms with Gasteiger partial charge in [-0.25, -0.2) is 4.98 Å². The maximum absolute atomic E-state index is 12.6. The minimum absolute atomic E-state index is 0.123. The Morgan fingerprint density at radius 2 is 2.12 bits per heavy atom. The summed E-state index contributed by atoms with van der Waals surface area (Å²) in [6.45, 7) is 8.12. The Balaban J connectivity index is 1.42. The zero-order valence-corrected chi connectivity index (χ0v) is 15.6. The van der Waals surface area contributed by atoms with Crippen LogP contribution in [0.15, 0.2) is 18.3 Å². The first kappa shape index (κ1) is 18.1. The van der Waals surface area contributed by atoms with Gasteiger partial charge in [0.15, 0.2) is 0 Å². The molecule has 0 spiro atoms. The molecule has 2 aliphatic rings. The number of aryl methyl sites for hydroxylation is 1. The number of hydrogen-bond acceptors (Lipinski definition) is 5. The normalized spacial score (nSPS) is 25.8. The highest BCUT2D eigenvalue weighted by Gasteiger charge is 2.28. The molecule has 1 amide bonds. The highest BCUT2D eigenvalue weighted by molar-refractivity contribution is 5.79. The molecule has 6 nitrogen and oxygen atoms in total. The summed E-state index contributed by atoms with van der Waals surface area (Å²) in [5.41, 5.74) is 7.72. The lowest BCUT2D eigenvalue weighted by Crippen LogP contribution is -2.45. The number of piperidine rings is 1. The molecule has 0 aliphatic carbocycles. The number of aromatic nitrogens is 1. The van der Waals surface area contributed by atoms with Gasteiger partial charge in [0, 0.05) is 43.3 Å². The molecule has 3 atom stereocenters. The number of carbonyl (C=O) groups is 1. The summed E-state index contributed by atoms with van der Waals surface area (Å²) in [7, 11) is 0. The summed E-state index contributed by atoms with van der Waals surface area (Å²) in [5, 5.41) is 3.21. The van der Waals surface area contributed by atoms with Crippen molar-refractivity contribution in [3.05, 3.63) is 23.9 Å². The van der Waals surface area contributed by atoms with E-state index in [4.69, 9.17) is 0 Å².